The summed E-state index contributed by atoms with van der Waals surface area (Å²) >= 11 is 0. The Hall–Kier alpha value is -2.43. The van der Waals surface area contributed by atoms with E-state index in [1.165, 1.54) is 0 Å². The number of nitrogens with two attached hydrogens (primary N) is 1. The number of aromatic amines is 1. The smallest absolute Gasteiger partial charge is 0.171 e. The lowest BCUT2D eigenvalue weighted by Gasteiger charge is -2.02. The van der Waals surface area contributed by atoms with Gasteiger partial charge in [-0.05, 0) is 25.1 Å². The van der Waals surface area contributed by atoms with Crippen molar-refractivity contribution in [2.24, 2.45) is 0 Å². The van der Waals surface area contributed by atoms with Crippen molar-refractivity contribution in [3.05, 3.63) is 30.5 Å². The number of fused-ring (bicyclic) bond motifs is 1. The summed E-state index contributed by atoms with van der Waals surface area (Å²) in [4.78, 5) is 3.18. The number of nitrogens with zero attached hydrogens (tertiary/aromatic N) is 1. The molecule has 1 aromatic carbocycles. The fraction of sp³-hybridized carbons (Fsp3) is 0.154. The standard InChI is InChI=1S/C13H13N3O2/c1-2-17-8-3-4-11-9(5-8)10(7-15-11)12-6-13(14)16-18-12/h3-7,15H,2H2,1H3,(H2,14,16). The number of aromatic nitrogens is 2. The molecule has 0 aliphatic heterocycles. The largest absolute Gasteiger partial charge is 0.494 e. The van der Waals surface area contributed by atoms with Gasteiger partial charge >= 0.3 is 0 Å². The van der Waals surface area contributed by atoms with Gasteiger partial charge in [-0.25, -0.2) is 0 Å². The monoisotopic (exact) mass is 243 g/mol. The number of benzene rings is 1. The summed E-state index contributed by atoms with van der Waals surface area (Å²) in [6, 6.07) is 7.59. The predicted molar refractivity (Wildman–Crippen MR) is 69.4 cm³/mol. The second kappa shape index (κ2) is 4.10. The van der Waals surface area contributed by atoms with Crippen LogP contribution in [0.3, 0.4) is 0 Å². The normalized spacial score (nSPS) is 10.9. The highest BCUT2D eigenvalue weighted by molar-refractivity contribution is 5.95. The minimum atomic E-state index is 0.375. The summed E-state index contributed by atoms with van der Waals surface area (Å²) in [6.45, 7) is 2.60. The van der Waals surface area contributed by atoms with E-state index in [-0.39, 0.29) is 0 Å². The summed E-state index contributed by atoms with van der Waals surface area (Å²) in [5, 5.41) is 4.72. The quantitative estimate of drug-likeness (QED) is 0.741. The van der Waals surface area contributed by atoms with Crippen LogP contribution in [-0.2, 0) is 0 Å². The average Bonchev–Trinajstić information content (AvgIpc) is 2.95. The van der Waals surface area contributed by atoms with Gasteiger partial charge < -0.3 is 20.0 Å². The van der Waals surface area contributed by atoms with E-state index in [0.29, 0.717) is 18.2 Å². The molecule has 0 unspecified atom stereocenters. The van der Waals surface area contributed by atoms with Crippen LogP contribution in [0.25, 0.3) is 22.2 Å². The van der Waals surface area contributed by atoms with Crippen molar-refractivity contribution in [3.8, 4) is 17.1 Å². The van der Waals surface area contributed by atoms with Crippen molar-refractivity contribution in [3.63, 3.8) is 0 Å². The zero-order chi connectivity index (χ0) is 12.5. The molecule has 0 saturated carbocycles. The molecular weight excluding hydrogens is 230 g/mol. The number of nitrogens with one attached hydrogen (secondary N) is 1. The summed E-state index contributed by atoms with van der Waals surface area (Å²) in [7, 11) is 0. The van der Waals surface area contributed by atoms with E-state index in [0.717, 1.165) is 22.2 Å². The Labute approximate surface area is 104 Å². The Kier molecular flexibility index (Phi) is 2.44. The number of H-pyrrole nitrogens is 1. The molecule has 2 heterocycles. The van der Waals surface area contributed by atoms with Crippen LogP contribution in [0.5, 0.6) is 5.75 Å². The van der Waals surface area contributed by atoms with Crippen molar-refractivity contribution in [2.75, 3.05) is 12.3 Å². The van der Waals surface area contributed by atoms with E-state index < -0.39 is 0 Å². The topological polar surface area (TPSA) is 77.1 Å². The number of nitrogen functional groups attached to an aromatic ring is 1. The molecule has 92 valence electrons. The molecule has 0 radical (unpaired) electrons. The number of ether oxygens (including phenoxy) is 1. The Morgan fingerprint density at radius 2 is 2.28 bits per heavy atom. The first kappa shape index (κ1) is 10.7. The maximum Gasteiger partial charge on any atom is 0.171 e. The van der Waals surface area contributed by atoms with Crippen LogP contribution in [-0.4, -0.2) is 16.7 Å². The zero-order valence-corrected chi connectivity index (χ0v) is 9.93. The third-order valence-electron chi connectivity index (χ3n) is 2.76. The molecule has 3 rings (SSSR count). The molecule has 0 aliphatic carbocycles. The molecule has 0 aliphatic rings. The Morgan fingerprint density at radius 3 is 3.00 bits per heavy atom. The maximum atomic E-state index is 5.57. The summed E-state index contributed by atoms with van der Waals surface area (Å²) in [6.07, 6.45) is 1.88. The summed E-state index contributed by atoms with van der Waals surface area (Å²) < 4.78 is 10.7. The number of anilines is 1. The summed E-state index contributed by atoms with van der Waals surface area (Å²) in [5.41, 5.74) is 7.51. The van der Waals surface area contributed by atoms with E-state index in [1.807, 2.05) is 31.3 Å². The summed E-state index contributed by atoms with van der Waals surface area (Å²) in [5.74, 6) is 1.85. The predicted octanol–water partition coefficient (Wildman–Crippen LogP) is 2.80. The molecule has 0 saturated heterocycles. The van der Waals surface area contributed by atoms with Crippen molar-refractivity contribution in [2.45, 2.75) is 6.92 Å². The molecule has 3 N–H and O–H groups in total. The number of rotatable bonds is 3. The van der Waals surface area contributed by atoms with Crippen LogP contribution < -0.4 is 10.5 Å². The number of hydrogen-bond donors (Lipinski definition) is 2. The van der Waals surface area contributed by atoms with E-state index in [9.17, 15) is 0 Å². The minimum absolute atomic E-state index is 0.375. The molecule has 5 nitrogen and oxygen atoms in total. The Bertz CT molecular complexity index is 684. The fourth-order valence-corrected chi connectivity index (χ4v) is 1.98. The second-order valence-electron chi connectivity index (χ2n) is 3.96. The lowest BCUT2D eigenvalue weighted by Crippen LogP contribution is -1.90. The molecule has 5 heteroatoms. The SMILES string of the molecule is CCOc1ccc2[nH]cc(-c3cc(N)no3)c2c1. The van der Waals surface area contributed by atoms with E-state index in [1.54, 1.807) is 6.07 Å². The van der Waals surface area contributed by atoms with Crippen LogP contribution >= 0.6 is 0 Å². The fourth-order valence-electron chi connectivity index (χ4n) is 1.98. The Morgan fingerprint density at radius 1 is 1.39 bits per heavy atom. The van der Waals surface area contributed by atoms with Crippen LogP contribution in [0.1, 0.15) is 6.92 Å². The lowest BCUT2D eigenvalue weighted by molar-refractivity contribution is 0.341. The maximum absolute atomic E-state index is 5.57. The highest BCUT2D eigenvalue weighted by Crippen LogP contribution is 2.31. The molecule has 3 aromatic rings. The van der Waals surface area contributed by atoms with Crippen LogP contribution in [0, 0.1) is 0 Å². The lowest BCUT2D eigenvalue weighted by atomic mass is 10.1. The molecular formula is C13H13N3O2. The second-order valence-corrected chi connectivity index (χ2v) is 3.96. The van der Waals surface area contributed by atoms with Gasteiger partial charge in [0.05, 0.1) is 6.61 Å². The van der Waals surface area contributed by atoms with Gasteiger partial charge in [0.25, 0.3) is 0 Å². The molecule has 0 atom stereocenters. The van der Waals surface area contributed by atoms with Crippen molar-refractivity contribution >= 4 is 16.7 Å². The molecule has 0 bridgehead atoms. The molecule has 18 heavy (non-hydrogen) atoms. The van der Waals surface area contributed by atoms with Crippen LogP contribution in [0.15, 0.2) is 35.0 Å². The van der Waals surface area contributed by atoms with Crippen LogP contribution in [0.4, 0.5) is 5.82 Å². The van der Waals surface area contributed by atoms with Gasteiger partial charge in [-0.15, -0.1) is 0 Å². The van der Waals surface area contributed by atoms with E-state index in [4.69, 9.17) is 15.0 Å². The van der Waals surface area contributed by atoms with Crippen LogP contribution in [0.2, 0.25) is 0 Å². The highest BCUT2D eigenvalue weighted by Gasteiger charge is 2.11. The highest BCUT2D eigenvalue weighted by atomic mass is 16.5. The van der Waals surface area contributed by atoms with Crippen molar-refractivity contribution < 1.29 is 9.26 Å². The van der Waals surface area contributed by atoms with Crippen molar-refractivity contribution in [1.82, 2.24) is 10.1 Å². The zero-order valence-electron chi connectivity index (χ0n) is 9.93. The van der Waals surface area contributed by atoms with Gasteiger partial charge in [-0.3, -0.25) is 0 Å². The first-order valence-electron chi connectivity index (χ1n) is 5.74. The van der Waals surface area contributed by atoms with Crippen molar-refractivity contribution in [1.29, 1.82) is 0 Å². The molecule has 0 spiro atoms. The third kappa shape index (κ3) is 1.69. The number of hydrogen-bond acceptors (Lipinski definition) is 4. The van der Waals surface area contributed by atoms with Gasteiger partial charge in [-0.2, -0.15) is 0 Å². The van der Waals surface area contributed by atoms with E-state index in [2.05, 4.69) is 10.1 Å². The first-order valence-corrected chi connectivity index (χ1v) is 5.74. The van der Waals surface area contributed by atoms with Gasteiger partial charge in [0.15, 0.2) is 11.6 Å². The Balaban J connectivity index is 2.14. The van der Waals surface area contributed by atoms with E-state index >= 15 is 0 Å². The van der Waals surface area contributed by atoms with Gasteiger partial charge in [0.1, 0.15) is 5.75 Å². The average molecular weight is 243 g/mol. The molecule has 0 amide bonds. The van der Waals surface area contributed by atoms with Gasteiger partial charge in [-0.1, -0.05) is 5.16 Å². The third-order valence-corrected chi connectivity index (χ3v) is 2.76. The molecule has 0 fully saturated rings. The van der Waals surface area contributed by atoms with Gasteiger partial charge in [0.2, 0.25) is 0 Å². The first-order chi connectivity index (χ1) is 8.78. The molecule has 2 aromatic heterocycles. The minimum Gasteiger partial charge on any atom is -0.494 e. The van der Waals surface area contributed by atoms with Gasteiger partial charge in [0, 0.05) is 28.7 Å².